The first-order chi connectivity index (χ1) is 7.40. The molecule has 2 fully saturated rings. The van der Waals surface area contributed by atoms with Crippen molar-refractivity contribution in [2.75, 3.05) is 13.7 Å². The van der Waals surface area contributed by atoms with Crippen LogP contribution in [0.15, 0.2) is 0 Å². The van der Waals surface area contributed by atoms with E-state index in [4.69, 9.17) is 4.74 Å². The lowest BCUT2D eigenvalue weighted by Gasteiger charge is -2.23. The normalized spacial score (nSPS) is 34.2. The number of rotatable bonds is 3. The number of nitrogens with one attached hydrogen (secondary N) is 1. The molecule has 1 aliphatic carbocycles. The zero-order valence-electron chi connectivity index (χ0n) is 10.0. The molecule has 0 aromatic carbocycles. The first-order valence-corrected chi connectivity index (χ1v) is 6.65. The topological polar surface area (TPSA) is 21.3 Å². The Labute approximate surface area is 93.8 Å². The number of ether oxygens (including phenoxy) is 1. The summed E-state index contributed by atoms with van der Waals surface area (Å²) in [5.74, 6) is 0.953. The Balaban J connectivity index is 1.78. The summed E-state index contributed by atoms with van der Waals surface area (Å²) in [5.41, 5.74) is 0. The summed E-state index contributed by atoms with van der Waals surface area (Å²) >= 11 is 0. The molecule has 2 aliphatic rings. The smallest absolute Gasteiger partial charge is 0.0615 e. The van der Waals surface area contributed by atoms with E-state index in [2.05, 4.69) is 5.32 Å². The molecule has 0 bridgehead atoms. The van der Waals surface area contributed by atoms with Crippen molar-refractivity contribution in [2.45, 2.75) is 63.5 Å². The lowest BCUT2D eigenvalue weighted by Crippen LogP contribution is -2.37. The summed E-state index contributed by atoms with van der Waals surface area (Å²) in [5, 5.41) is 3.76. The predicted molar refractivity (Wildman–Crippen MR) is 63.0 cm³/mol. The number of hydrogen-bond acceptors (Lipinski definition) is 2. The average molecular weight is 211 g/mol. The SMILES string of the molecule is COCC1CCC(C2CCCCCC2)N1. The zero-order valence-corrected chi connectivity index (χ0v) is 10.0. The van der Waals surface area contributed by atoms with Crippen LogP contribution in [0.1, 0.15) is 51.4 Å². The van der Waals surface area contributed by atoms with Crippen LogP contribution in [0.25, 0.3) is 0 Å². The van der Waals surface area contributed by atoms with Crippen molar-refractivity contribution in [3.8, 4) is 0 Å². The minimum atomic E-state index is 0.628. The highest BCUT2D eigenvalue weighted by molar-refractivity contribution is 4.88. The second-order valence-electron chi connectivity index (χ2n) is 5.25. The fourth-order valence-electron chi connectivity index (χ4n) is 3.27. The maximum absolute atomic E-state index is 5.22. The van der Waals surface area contributed by atoms with Crippen LogP contribution in [-0.4, -0.2) is 25.8 Å². The molecule has 2 heteroatoms. The Morgan fingerprint density at radius 3 is 2.40 bits per heavy atom. The summed E-state index contributed by atoms with van der Waals surface area (Å²) in [7, 11) is 1.81. The maximum atomic E-state index is 5.22. The maximum Gasteiger partial charge on any atom is 0.0615 e. The lowest BCUT2D eigenvalue weighted by molar-refractivity contribution is 0.169. The summed E-state index contributed by atoms with van der Waals surface area (Å²) in [6.07, 6.45) is 11.4. The Morgan fingerprint density at radius 2 is 1.73 bits per heavy atom. The van der Waals surface area contributed by atoms with Gasteiger partial charge in [-0.25, -0.2) is 0 Å². The largest absolute Gasteiger partial charge is 0.383 e. The molecule has 0 spiro atoms. The second-order valence-corrected chi connectivity index (χ2v) is 5.25. The summed E-state index contributed by atoms with van der Waals surface area (Å²) in [6, 6.07) is 1.42. The van der Waals surface area contributed by atoms with E-state index < -0.39 is 0 Å². The van der Waals surface area contributed by atoms with Gasteiger partial charge in [-0.15, -0.1) is 0 Å². The van der Waals surface area contributed by atoms with Crippen LogP contribution >= 0.6 is 0 Å². The first-order valence-electron chi connectivity index (χ1n) is 6.65. The fourth-order valence-corrected chi connectivity index (χ4v) is 3.27. The van der Waals surface area contributed by atoms with Gasteiger partial charge in [0.05, 0.1) is 6.61 Å². The molecule has 1 aliphatic heterocycles. The molecule has 0 radical (unpaired) electrons. The van der Waals surface area contributed by atoms with Crippen molar-refractivity contribution in [1.82, 2.24) is 5.32 Å². The molecule has 0 aromatic heterocycles. The van der Waals surface area contributed by atoms with Gasteiger partial charge in [0.1, 0.15) is 0 Å². The minimum Gasteiger partial charge on any atom is -0.383 e. The Morgan fingerprint density at radius 1 is 1.00 bits per heavy atom. The van der Waals surface area contributed by atoms with E-state index in [9.17, 15) is 0 Å². The molecule has 1 saturated heterocycles. The highest BCUT2D eigenvalue weighted by atomic mass is 16.5. The van der Waals surface area contributed by atoms with E-state index in [-0.39, 0.29) is 0 Å². The lowest BCUT2D eigenvalue weighted by atomic mass is 9.91. The van der Waals surface area contributed by atoms with Gasteiger partial charge in [0.25, 0.3) is 0 Å². The molecule has 2 atom stereocenters. The van der Waals surface area contributed by atoms with Crippen LogP contribution in [-0.2, 0) is 4.74 Å². The van der Waals surface area contributed by atoms with Gasteiger partial charge in [0.2, 0.25) is 0 Å². The average Bonchev–Trinajstić information content (AvgIpc) is 2.53. The second kappa shape index (κ2) is 5.86. The molecule has 0 aromatic rings. The molecule has 1 saturated carbocycles. The highest BCUT2D eigenvalue weighted by Gasteiger charge is 2.29. The van der Waals surface area contributed by atoms with Crippen molar-refractivity contribution in [2.24, 2.45) is 5.92 Å². The highest BCUT2D eigenvalue weighted by Crippen LogP contribution is 2.30. The van der Waals surface area contributed by atoms with Gasteiger partial charge < -0.3 is 10.1 Å². The quantitative estimate of drug-likeness (QED) is 0.725. The van der Waals surface area contributed by atoms with Gasteiger partial charge in [-0.1, -0.05) is 25.7 Å². The Bertz CT molecular complexity index is 175. The van der Waals surface area contributed by atoms with Crippen LogP contribution in [0.5, 0.6) is 0 Å². The summed E-state index contributed by atoms with van der Waals surface area (Å²) in [6.45, 7) is 0.892. The van der Waals surface area contributed by atoms with Gasteiger partial charge in [0.15, 0.2) is 0 Å². The van der Waals surface area contributed by atoms with Gasteiger partial charge >= 0.3 is 0 Å². The van der Waals surface area contributed by atoms with Crippen molar-refractivity contribution in [3.63, 3.8) is 0 Å². The van der Waals surface area contributed by atoms with Crippen LogP contribution < -0.4 is 5.32 Å². The number of methoxy groups -OCH3 is 1. The van der Waals surface area contributed by atoms with Crippen LogP contribution in [0.2, 0.25) is 0 Å². The monoisotopic (exact) mass is 211 g/mol. The Hall–Kier alpha value is -0.0800. The predicted octanol–water partition coefficient (Wildman–Crippen LogP) is 2.72. The van der Waals surface area contributed by atoms with Crippen LogP contribution in [0.4, 0.5) is 0 Å². The summed E-state index contributed by atoms with van der Waals surface area (Å²) < 4.78 is 5.22. The van der Waals surface area contributed by atoms with Crippen LogP contribution in [0, 0.1) is 5.92 Å². The molecule has 0 amide bonds. The molecule has 1 N–H and O–H groups in total. The third-order valence-electron chi connectivity index (χ3n) is 4.11. The van der Waals surface area contributed by atoms with Gasteiger partial charge in [-0.3, -0.25) is 0 Å². The summed E-state index contributed by atoms with van der Waals surface area (Å²) in [4.78, 5) is 0. The standard InChI is InChI=1S/C13H25NO/c1-15-10-12-8-9-13(14-12)11-6-4-2-3-5-7-11/h11-14H,2-10H2,1H3. The van der Waals surface area contributed by atoms with Crippen molar-refractivity contribution in [1.29, 1.82) is 0 Å². The first kappa shape index (κ1) is 11.4. The van der Waals surface area contributed by atoms with E-state index in [0.29, 0.717) is 6.04 Å². The van der Waals surface area contributed by atoms with Crippen molar-refractivity contribution < 1.29 is 4.74 Å². The van der Waals surface area contributed by atoms with Crippen molar-refractivity contribution in [3.05, 3.63) is 0 Å². The third-order valence-corrected chi connectivity index (χ3v) is 4.11. The van der Waals surface area contributed by atoms with E-state index in [0.717, 1.165) is 18.6 Å². The van der Waals surface area contributed by atoms with E-state index in [1.54, 1.807) is 7.11 Å². The minimum absolute atomic E-state index is 0.628. The fraction of sp³-hybridized carbons (Fsp3) is 1.00. The van der Waals surface area contributed by atoms with E-state index in [1.165, 1.54) is 51.4 Å². The van der Waals surface area contributed by atoms with Gasteiger partial charge in [-0.2, -0.15) is 0 Å². The molecule has 2 rings (SSSR count). The van der Waals surface area contributed by atoms with E-state index >= 15 is 0 Å². The third kappa shape index (κ3) is 3.18. The molecule has 15 heavy (non-hydrogen) atoms. The molecule has 2 unspecified atom stereocenters. The van der Waals surface area contributed by atoms with Crippen LogP contribution in [0.3, 0.4) is 0 Å². The molecule has 1 heterocycles. The molecular weight excluding hydrogens is 186 g/mol. The van der Waals surface area contributed by atoms with E-state index in [1.807, 2.05) is 0 Å². The van der Waals surface area contributed by atoms with Gasteiger partial charge in [0, 0.05) is 19.2 Å². The van der Waals surface area contributed by atoms with Gasteiger partial charge in [-0.05, 0) is 31.6 Å². The van der Waals surface area contributed by atoms with Crippen molar-refractivity contribution >= 4 is 0 Å². The Kier molecular flexibility index (Phi) is 4.45. The molecular formula is C13H25NO. The number of hydrogen-bond donors (Lipinski definition) is 1. The zero-order chi connectivity index (χ0) is 10.5. The molecule has 88 valence electrons. The molecule has 2 nitrogen and oxygen atoms in total.